The average Bonchev–Trinajstić information content (AvgIpc) is 2.47. The van der Waals surface area contributed by atoms with Crippen molar-refractivity contribution in [3.63, 3.8) is 0 Å². The largest absolute Gasteiger partial charge is 0.496 e. The summed E-state index contributed by atoms with van der Waals surface area (Å²) in [6, 6.07) is 7.88. The monoisotopic (exact) mass is 272 g/mol. The van der Waals surface area contributed by atoms with Crippen molar-refractivity contribution in [2.75, 3.05) is 7.11 Å². The molecule has 1 aromatic carbocycles. The van der Waals surface area contributed by atoms with E-state index in [9.17, 15) is 0 Å². The van der Waals surface area contributed by atoms with Crippen LogP contribution in [0.1, 0.15) is 24.1 Å². The van der Waals surface area contributed by atoms with Gasteiger partial charge in [0.15, 0.2) is 0 Å². The third-order valence-corrected chi connectivity index (χ3v) is 3.91. The zero-order valence-electron chi connectivity index (χ0n) is 10.9. The highest BCUT2D eigenvalue weighted by Gasteiger charge is 2.15. The number of benzene rings is 1. The van der Waals surface area contributed by atoms with E-state index in [2.05, 4.69) is 9.97 Å². The van der Waals surface area contributed by atoms with Crippen LogP contribution in [-0.2, 0) is 12.8 Å². The Morgan fingerprint density at radius 3 is 2.84 bits per heavy atom. The molecule has 4 heteroatoms. The molecule has 0 saturated carbocycles. The minimum atomic E-state index is 0.731. The summed E-state index contributed by atoms with van der Waals surface area (Å²) in [6.07, 6.45) is 4.53. The van der Waals surface area contributed by atoms with E-state index in [1.807, 2.05) is 24.3 Å². The van der Waals surface area contributed by atoms with Crippen molar-refractivity contribution in [3.8, 4) is 17.1 Å². The zero-order chi connectivity index (χ0) is 13.2. The molecule has 2 aromatic rings. The van der Waals surface area contributed by atoms with Crippen LogP contribution >= 0.6 is 12.2 Å². The van der Waals surface area contributed by atoms with Crippen LogP contribution in [0.15, 0.2) is 24.3 Å². The highest BCUT2D eigenvalue weighted by atomic mass is 32.1. The third kappa shape index (κ3) is 2.28. The number of methoxy groups -OCH3 is 1. The first-order valence-corrected chi connectivity index (χ1v) is 6.96. The quantitative estimate of drug-likeness (QED) is 0.847. The van der Waals surface area contributed by atoms with Gasteiger partial charge >= 0.3 is 0 Å². The molecular formula is C15H16N2OS. The van der Waals surface area contributed by atoms with E-state index in [0.29, 0.717) is 0 Å². The number of nitrogens with one attached hydrogen (secondary N) is 1. The van der Waals surface area contributed by atoms with Crippen LogP contribution in [0.25, 0.3) is 11.4 Å². The molecule has 0 amide bonds. The molecule has 1 aliphatic rings. The summed E-state index contributed by atoms with van der Waals surface area (Å²) in [5.41, 5.74) is 3.43. The van der Waals surface area contributed by atoms with Crippen molar-refractivity contribution in [1.82, 2.24) is 9.97 Å². The second-order valence-corrected chi connectivity index (χ2v) is 5.14. The number of hydrogen-bond acceptors (Lipinski definition) is 3. The molecule has 0 atom stereocenters. The first-order valence-electron chi connectivity index (χ1n) is 6.55. The van der Waals surface area contributed by atoms with Crippen LogP contribution in [-0.4, -0.2) is 17.1 Å². The molecule has 1 N–H and O–H groups in total. The summed E-state index contributed by atoms with van der Waals surface area (Å²) in [5, 5.41) is 0. The molecule has 1 aliphatic carbocycles. The number of fused-ring (bicyclic) bond motifs is 1. The number of nitrogens with zero attached hydrogens (tertiary/aromatic N) is 1. The van der Waals surface area contributed by atoms with Crippen LogP contribution in [0.3, 0.4) is 0 Å². The van der Waals surface area contributed by atoms with Gasteiger partial charge in [-0.05, 0) is 37.8 Å². The Morgan fingerprint density at radius 2 is 2.00 bits per heavy atom. The van der Waals surface area contributed by atoms with E-state index < -0.39 is 0 Å². The fourth-order valence-electron chi connectivity index (χ4n) is 2.59. The molecule has 0 bridgehead atoms. The van der Waals surface area contributed by atoms with Gasteiger partial charge < -0.3 is 9.72 Å². The van der Waals surface area contributed by atoms with Gasteiger partial charge in [-0.2, -0.15) is 0 Å². The molecule has 1 heterocycles. The van der Waals surface area contributed by atoms with E-state index >= 15 is 0 Å². The molecule has 0 unspecified atom stereocenters. The standard InChI is InChI=1S/C15H16N2OS/c1-18-13-9-5-3-7-11(13)14-16-12-8-4-2-6-10(12)15(19)17-14/h3,5,7,9H,2,4,6,8H2,1H3,(H,16,17,19). The lowest BCUT2D eigenvalue weighted by Gasteiger charge is -2.17. The Kier molecular flexibility index (Phi) is 3.34. The van der Waals surface area contributed by atoms with Crippen molar-refractivity contribution in [3.05, 3.63) is 40.2 Å². The number of aryl methyl sites for hydroxylation is 1. The van der Waals surface area contributed by atoms with Crippen LogP contribution in [0.2, 0.25) is 0 Å². The summed E-state index contributed by atoms with van der Waals surface area (Å²) in [4.78, 5) is 7.98. The highest BCUT2D eigenvalue weighted by molar-refractivity contribution is 7.71. The molecule has 0 saturated heterocycles. The second kappa shape index (κ2) is 5.13. The number of ether oxygens (including phenoxy) is 1. The molecule has 98 valence electrons. The van der Waals surface area contributed by atoms with Crippen molar-refractivity contribution >= 4 is 12.2 Å². The van der Waals surface area contributed by atoms with Gasteiger partial charge in [0.05, 0.1) is 12.7 Å². The lowest BCUT2D eigenvalue weighted by atomic mass is 9.97. The smallest absolute Gasteiger partial charge is 0.142 e. The number of para-hydroxylation sites is 1. The number of hydrogen-bond donors (Lipinski definition) is 1. The average molecular weight is 272 g/mol. The van der Waals surface area contributed by atoms with E-state index in [-0.39, 0.29) is 0 Å². The minimum absolute atomic E-state index is 0.731. The first-order chi connectivity index (χ1) is 9.29. The molecule has 3 nitrogen and oxygen atoms in total. The topological polar surface area (TPSA) is 37.9 Å². The third-order valence-electron chi connectivity index (χ3n) is 3.57. The molecule has 1 aromatic heterocycles. The summed E-state index contributed by atoms with van der Waals surface area (Å²) in [7, 11) is 1.67. The molecule has 0 aliphatic heterocycles. The summed E-state index contributed by atoms with van der Waals surface area (Å²) in [5.74, 6) is 1.62. The molecule has 3 rings (SSSR count). The molecule has 19 heavy (non-hydrogen) atoms. The summed E-state index contributed by atoms with van der Waals surface area (Å²) >= 11 is 5.43. The van der Waals surface area contributed by atoms with Gasteiger partial charge in [0, 0.05) is 11.3 Å². The Balaban J connectivity index is 2.16. The number of aromatic nitrogens is 2. The van der Waals surface area contributed by atoms with Gasteiger partial charge in [-0.15, -0.1) is 0 Å². The summed E-state index contributed by atoms with van der Waals surface area (Å²) in [6.45, 7) is 0. The fourth-order valence-corrected chi connectivity index (χ4v) is 2.90. The maximum atomic E-state index is 5.43. The Morgan fingerprint density at radius 1 is 1.21 bits per heavy atom. The van der Waals surface area contributed by atoms with Crippen molar-refractivity contribution in [1.29, 1.82) is 0 Å². The van der Waals surface area contributed by atoms with Gasteiger partial charge in [-0.3, -0.25) is 0 Å². The molecule has 0 fully saturated rings. The maximum Gasteiger partial charge on any atom is 0.142 e. The van der Waals surface area contributed by atoms with E-state index in [1.54, 1.807) is 7.11 Å². The molecular weight excluding hydrogens is 256 g/mol. The summed E-state index contributed by atoms with van der Waals surface area (Å²) < 4.78 is 6.12. The first kappa shape index (κ1) is 12.4. The van der Waals surface area contributed by atoms with Gasteiger partial charge in [0.25, 0.3) is 0 Å². The lowest BCUT2D eigenvalue weighted by Crippen LogP contribution is -2.09. The SMILES string of the molecule is COc1ccccc1-c1nc(=S)c2c([nH]1)CCCC2. The number of H-pyrrole nitrogens is 1. The predicted molar refractivity (Wildman–Crippen MR) is 78.1 cm³/mol. The Hall–Kier alpha value is -1.68. The van der Waals surface area contributed by atoms with Gasteiger partial charge in [0.1, 0.15) is 16.2 Å². The second-order valence-electron chi connectivity index (χ2n) is 4.76. The fraction of sp³-hybridized carbons (Fsp3) is 0.333. The molecule has 0 spiro atoms. The van der Waals surface area contributed by atoms with Gasteiger partial charge in [0.2, 0.25) is 0 Å². The molecule has 0 radical (unpaired) electrons. The van der Waals surface area contributed by atoms with Crippen molar-refractivity contribution in [2.24, 2.45) is 0 Å². The number of rotatable bonds is 2. The maximum absolute atomic E-state index is 5.43. The van der Waals surface area contributed by atoms with Crippen LogP contribution in [0.4, 0.5) is 0 Å². The van der Waals surface area contributed by atoms with Gasteiger partial charge in [-0.1, -0.05) is 24.4 Å². The normalized spacial score (nSPS) is 13.9. The van der Waals surface area contributed by atoms with Gasteiger partial charge in [-0.25, -0.2) is 4.98 Å². The van der Waals surface area contributed by atoms with E-state index in [1.165, 1.54) is 24.1 Å². The predicted octanol–water partition coefficient (Wildman–Crippen LogP) is 3.69. The van der Waals surface area contributed by atoms with Crippen molar-refractivity contribution < 1.29 is 4.74 Å². The Bertz CT molecular complexity index is 663. The van der Waals surface area contributed by atoms with Crippen molar-refractivity contribution in [2.45, 2.75) is 25.7 Å². The zero-order valence-corrected chi connectivity index (χ0v) is 11.7. The van der Waals surface area contributed by atoms with E-state index in [0.717, 1.165) is 34.6 Å². The number of aromatic amines is 1. The van der Waals surface area contributed by atoms with Crippen LogP contribution < -0.4 is 4.74 Å². The van der Waals surface area contributed by atoms with Crippen LogP contribution in [0, 0.1) is 4.64 Å². The lowest BCUT2D eigenvalue weighted by molar-refractivity contribution is 0.416. The van der Waals surface area contributed by atoms with Crippen LogP contribution in [0.5, 0.6) is 5.75 Å². The van der Waals surface area contributed by atoms with E-state index in [4.69, 9.17) is 17.0 Å². The highest BCUT2D eigenvalue weighted by Crippen LogP contribution is 2.29. The minimum Gasteiger partial charge on any atom is -0.496 e. The Labute approximate surface area is 117 Å².